The van der Waals surface area contributed by atoms with E-state index < -0.39 is 0 Å². The van der Waals surface area contributed by atoms with Gasteiger partial charge < -0.3 is 15.1 Å². The first-order valence-corrected chi connectivity index (χ1v) is 6.04. The monoisotopic (exact) mass is 246 g/mol. The fourth-order valence-electron chi connectivity index (χ4n) is 1.72. The van der Waals surface area contributed by atoms with Crippen LogP contribution >= 0.6 is 0 Å². The third-order valence-electron chi connectivity index (χ3n) is 2.64. The van der Waals surface area contributed by atoms with Crippen molar-refractivity contribution in [1.82, 2.24) is 9.97 Å². The van der Waals surface area contributed by atoms with Gasteiger partial charge >= 0.3 is 0 Å². The summed E-state index contributed by atoms with van der Waals surface area (Å²) >= 11 is 0. The molecule has 0 saturated heterocycles. The quantitative estimate of drug-likeness (QED) is 0.849. The molecule has 2 aromatic heterocycles. The standard InChI is InChI=1S/C13H18N4O/c1-4-14-12-9(2)13(17-10(3)16-12)15-7-11-5-6-18-8-11/h5-6,8H,4,7H2,1-3H3,(H2,14,15,16,17). The van der Waals surface area contributed by atoms with E-state index in [0.717, 1.165) is 35.1 Å². The summed E-state index contributed by atoms with van der Waals surface area (Å²) in [6.45, 7) is 7.49. The van der Waals surface area contributed by atoms with Crippen molar-refractivity contribution in [2.45, 2.75) is 27.3 Å². The Labute approximate surface area is 107 Å². The molecule has 0 aromatic carbocycles. The molecule has 0 saturated carbocycles. The van der Waals surface area contributed by atoms with Crippen molar-refractivity contribution in [2.75, 3.05) is 17.2 Å². The van der Waals surface area contributed by atoms with E-state index in [1.807, 2.05) is 19.9 Å². The van der Waals surface area contributed by atoms with Gasteiger partial charge in [-0.3, -0.25) is 0 Å². The third-order valence-corrected chi connectivity index (χ3v) is 2.64. The summed E-state index contributed by atoms with van der Waals surface area (Å²) in [6, 6.07) is 1.93. The van der Waals surface area contributed by atoms with Gasteiger partial charge in [0.1, 0.15) is 17.5 Å². The first-order valence-electron chi connectivity index (χ1n) is 6.04. The van der Waals surface area contributed by atoms with E-state index in [1.54, 1.807) is 12.5 Å². The normalized spacial score (nSPS) is 10.4. The van der Waals surface area contributed by atoms with Crippen LogP contribution in [-0.4, -0.2) is 16.5 Å². The average Bonchev–Trinajstić information content (AvgIpc) is 2.85. The van der Waals surface area contributed by atoms with Crippen LogP contribution in [-0.2, 0) is 6.54 Å². The molecule has 2 rings (SSSR count). The second-order valence-electron chi connectivity index (χ2n) is 4.11. The molecule has 0 fully saturated rings. The molecule has 0 spiro atoms. The van der Waals surface area contributed by atoms with Crippen LogP contribution in [0, 0.1) is 13.8 Å². The van der Waals surface area contributed by atoms with Gasteiger partial charge in [0.25, 0.3) is 0 Å². The number of rotatable bonds is 5. The number of aryl methyl sites for hydroxylation is 1. The molecule has 0 bridgehead atoms. The average molecular weight is 246 g/mol. The van der Waals surface area contributed by atoms with E-state index in [0.29, 0.717) is 6.54 Å². The van der Waals surface area contributed by atoms with E-state index in [2.05, 4.69) is 27.5 Å². The third kappa shape index (κ3) is 2.80. The summed E-state index contributed by atoms with van der Waals surface area (Å²) in [6.07, 6.45) is 3.39. The molecule has 0 amide bonds. The highest BCUT2D eigenvalue weighted by molar-refractivity contribution is 5.57. The number of hydrogen-bond acceptors (Lipinski definition) is 5. The Morgan fingerprint density at radius 3 is 2.50 bits per heavy atom. The lowest BCUT2D eigenvalue weighted by Crippen LogP contribution is -2.09. The van der Waals surface area contributed by atoms with Crippen LogP contribution in [0.4, 0.5) is 11.6 Å². The van der Waals surface area contributed by atoms with Gasteiger partial charge in [0.2, 0.25) is 0 Å². The topological polar surface area (TPSA) is 63.0 Å². The van der Waals surface area contributed by atoms with Gasteiger partial charge in [-0.2, -0.15) is 0 Å². The molecule has 5 heteroatoms. The minimum Gasteiger partial charge on any atom is -0.472 e. The van der Waals surface area contributed by atoms with Crippen LogP contribution in [0.15, 0.2) is 23.0 Å². The number of nitrogens with zero attached hydrogens (tertiary/aromatic N) is 2. The van der Waals surface area contributed by atoms with Crippen LogP contribution < -0.4 is 10.6 Å². The highest BCUT2D eigenvalue weighted by atomic mass is 16.3. The molecule has 0 aliphatic rings. The number of nitrogens with one attached hydrogen (secondary N) is 2. The Kier molecular flexibility index (Phi) is 3.82. The fourth-order valence-corrected chi connectivity index (χ4v) is 1.72. The smallest absolute Gasteiger partial charge is 0.135 e. The van der Waals surface area contributed by atoms with Crippen molar-refractivity contribution in [3.8, 4) is 0 Å². The summed E-state index contributed by atoms with van der Waals surface area (Å²) in [7, 11) is 0. The molecule has 2 heterocycles. The minimum absolute atomic E-state index is 0.694. The fraction of sp³-hybridized carbons (Fsp3) is 0.385. The Morgan fingerprint density at radius 2 is 1.89 bits per heavy atom. The van der Waals surface area contributed by atoms with Gasteiger partial charge in [0, 0.05) is 24.2 Å². The van der Waals surface area contributed by atoms with E-state index in [9.17, 15) is 0 Å². The minimum atomic E-state index is 0.694. The zero-order chi connectivity index (χ0) is 13.0. The molecule has 0 aliphatic carbocycles. The zero-order valence-corrected chi connectivity index (χ0v) is 10.9. The van der Waals surface area contributed by atoms with Crippen molar-refractivity contribution in [1.29, 1.82) is 0 Å². The number of aromatic nitrogens is 2. The van der Waals surface area contributed by atoms with Crippen LogP contribution in [0.3, 0.4) is 0 Å². The SMILES string of the molecule is CCNc1nc(C)nc(NCc2ccoc2)c1C. The molecule has 18 heavy (non-hydrogen) atoms. The van der Waals surface area contributed by atoms with Crippen LogP contribution in [0.25, 0.3) is 0 Å². The van der Waals surface area contributed by atoms with Gasteiger partial charge in [-0.1, -0.05) is 0 Å². The first-order chi connectivity index (χ1) is 8.70. The molecule has 0 aliphatic heterocycles. The van der Waals surface area contributed by atoms with Crippen molar-refractivity contribution < 1.29 is 4.42 Å². The maximum absolute atomic E-state index is 5.03. The van der Waals surface area contributed by atoms with Gasteiger partial charge in [-0.25, -0.2) is 9.97 Å². The molecule has 0 radical (unpaired) electrons. The van der Waals surface area contributed by atoms with E-state index in [-0.39, 0.29) is 0 Å². The maximum atomic E-state index is 5.03. The molecule has 5 nitrogen and oxygen atoms in total. The Bertz CT molecular complexity index is 508. The summed E-state index contributed by atoms with van der Waals surface area (Å²) in [4.78, 5) is 8.81. The van der Waals surface area contributed by atoms with Crippen molar-refractivity contribution >= 4 is 11.6 Å². The molecule has 96 valence electrons. The lowest BCUT2D eigenvalue weighted by atomic mass is 10.2. The summed E-state index contributed by atoms with van der Waals surface area (Å²) in [5, 5.41) is 6.54. The van der Waals surface area contributed by atoms with Gasteiger partial charge in [0.05, 0.1) is 12.5 Å². The summed E-state index contributed by atoms with van der Waals surface area (Å²) in [5.41, 5.74) is 2.13. The molecule has 2 N–H and O–H groups in total. The van der Waals surface area contributed by atoms with E-state index in [4.69, 9.17) is 4.42 Å². The van der Waals surface area contributed by atoms with E-state index >= 15 is 0 Å². The van der Waals surface area contributed by atoms with Crippen molar-refractivity contribution in [3.63, 3.8) is 0 Å². The molecule has 0 unspecified atom stereocenters. The Hall–Kier alpha value is -2.04. The predicted molar refractivity (Wildman–Crippen MR) is 71.7 cm³/mol. The van der Waals surface area contributed by atoms with Crippen LogP contribution in [0.1, 0.15) is 23.9 Å². The van der Waals surface area contributed by atoms with Crippen molar-refractivity contribution in [3.05, 3.63) is 35.5 Å². The lowest BCUT2D eigenvalue weighted by Gasteiger charge is -2.13. The Balaban J connectivity index is 2.16. The number of anilines is 2. The summed E-state index contributed by atoms with van der Waals surface area (Å²) < 4.78 is 5.03. The van der Waals surface area contributed by atoms with Gasteiger partial charge in [0.15, 0.2) is 0 Å². The Morgan fingerprint density at radius 1 is 1.17 bits per heavy atom. The highest BCUT2D eigenvalue weighted by Gasteiger charge is 2.08. The van der Waals surface area contributed by atoms with Crippen molar-refractivity contribution in [2.24, 2.45) is 0 Å². The number of furan rings is 1. The molecule has 2 aromatic rings. The maximum Gasteiger partial charge on any atom is 0.135 e. The molecular weight excluding hydrogens is 228 g/mol. The number of hydrogen-bond donors (Lipinski definition) is 2. The zero-order valence-electron chi connectivity index (χ0n) is 10.9. The molecule has 0 atom stereocenters. The lowest BCUT2D eigenvalue weighted by molar-refractivity contribution is 0.564. The second kappa shape index (κ2) is 5.53. The summed E-state index contributed by atoms with van der Waals surface area (Å²) in [5.74, 6) is 2.51. The van der Waals surface area contributed by atoms with Gasteiger partial charge in [-0.05, 0) is 26.8 Å². The predicted octanol–water partition coefficient (Wildman–Crippen LogP) is 2.73. The van der Waals surface area contributed by atoms with Crippen LogP contribution in [0.2, 0.25) is 0 Å². The molecular formula is C13H18N4O. The highest BCUT2D eigenvalue weighted by Crippen LogP contribution is 2.20. The van der Waals surface area contributed by atoms with Crippen LogP contribution in [0.5, 0.6) is 0 Å². The van der Waals surface area contributed by atoms with E-state index in [1.165, 1.54) is 0 Å². The largest absolute Gasteiger partial charge is 0.472 e. The first kappa shape index (κ1) is 12.4. The van der Waals surface area contributed by atoms with Gasteiger partial charge in [-0.15, -0.1) is 0 Å². The second-order valence-corrected chi connectivity index (χ2v) is 4.11.